The van der Waals surface area contributed by atoms with E-state index in [1.807, 2.05) is 20.0 Å². The molecule has 0 spiro atoms. The highest BCUT2D eigenvalue weighted by molar-refractivity contribution is 5.87. The Hall–Kier alpha value is -3.55. The van der Waals surface area contributed by atoms with Gasteiger partial charge in [-0.25, -0.2) is 9.97 Å². The molecule has 2 aromatic heterocycles. The fourth-order valence-corrected chi connectivity index (χ4v) is 5.42. The monoisotopic (exact) mass is 511 g/mol. The first-order valence-electron chi connectivity index (χ1n) is 13.4. The minimum absolute atomic E-state index is 0.00257. The second kappa shape index (κ2) is 11.1. The predicted molar refractivity (Wildman–Crippen MR) is 154 cm³/mol. The van der Waals surface area contributed by atoms with E-state index in [0.717, 1.165) is 36.2 Å². The first kappa shape index (κ1) is 26.1. The van der Waals surface area contributed by atoms with E-state index in [-0.39, 0.29) is 17.5 Å². The van der Waals surface area contributed by atoms with E-state index in [2.05, 4.69) is 84.8 Å². The normalized spacial score (nSPS) is 15.2. The molecule has 2 aromatic carbocycles. The van der Waals surface area contributed by atoms with Crippen LogP contribution in [0.2, 0.25) is 0 Å². The van der Waals surface area contributed by atoms with Crippen LogP contribution >= 0.6 is 0 Å². The molecule has 1 saturated heterocycles. The van der Waals surface area contributed by atoms with Crippen molar-refractivity contribution in [3.05, 3.63) is 87.5 Å². The lowest BCUT2D eigenvalue weighted by Gasteiger charge is -2.23. The number of aromatic nitrogens is 3. The van der Waals surface area contributed by atoms with E-state index in [0.29, 0.717) is 24.7 Å². The number of fused-ring (bicyclic) bond motifs is 1. The summed E-state index contributed by atoms with van der Waals surface area (Å²) in [7, 11) is 5.99. The summed E-state index contributed by atoms with van der Waals surface area (Å²) in [4.78, 5) is 24.9. The molecule has 3 heterocycles. The first-order valence-corrected chi connectivity index (χ1v) is 13.4. The molecule has 5 rings (SSSR count). The molecule has 0 aliphatic carbocycles. The van der Waals surface area contributed by atoms with Crippen LogP contribution in [0.5, 0.6) is 0 Å². The third-order valence-electron chi connectivity index (χ3n) is 7.42. The molecule has 1 N–H and O–H groups in total. The van der Waals surface area contributed by atoms with Crippen molar-refractivity contribution >= 4 is 16.9 Å². The zero-order valence-electron chi connectivity index (χ0n) is 23.0. The Kier molecular flexibility index (Phi) is 7.58. The fourth-order valence-electron chi connectivity index (χ4n) is 5.42. The molecule has 0 radical (unpaired) electrons. The smallest absolute Gasteiger partial charge is 0.255 e. The molecular formula is C31H37N5O2. The highest BCUT2D eigenvalue weighted by Crippen LogP contribution is 2.31. The zero-order chi connectivity index (χ0) is 26.8. The molecule has 1 fully saturated rings. The van der Waals surface area contributed by atoms with Crippen LogP contribution < -0.4 is 10.9 Å². The Morgan fingerprint density at radius 2 is 1.84 bits per heavy atom. The number of benzene rings is 2. The lowest BCUT2D eigenvalue weighted by molar-refractivity contribution is 0.0850. The summed E-state index contributed by atoms with van der Waals surface area (Å²) < 4.78 is 7.21. The average molecular weight is 512 g/mol. The lowest BCUT2D eigenvalue weighted by atomic mass is 9.92. The largest absolute Gasteiger partial charge is 0.381 e. The standard InChI is InChI=1S/C31H37N5O2/c1-20(23-10-8-11-24(17-23)26-12-7-6-9-25(26)19-35(3)4)32-29-28-18-27(22-13-15-38-16-14-22)31(37)36(5)30(28)34-21(2)33-29/h6-12,17-18,20,22H,13-16,19H2,1-5H3,(H,32,33,34)/t20-/m1/s1. The zero-order valence-corrected chi connectivity index (χ0v) is 23.0. The minimum Gasteiger partial charge on any atom is -0.381 e. The molecule has 1 atom stereocenters. The topological polar surface area (TPSA) is 72.3 Å². The van der Waals surface area contributed by atoms with E-state index < -0.39 is 0 Å². The summed E-state index contributed by atoms with van der Waals surface area (Å²) in [6, 6.07) is 19.3. The van der Waals surface area contributed by atoms with E-state index in [4.69, 9.17) is 9.72 Å². The maximum absolute atomic E-state index is 13.3. The summed E-state index contributed by atoms with van der Waals surface area (Å²) in [6.07, 6.45) is 1.71. The summed E-state index contributed by atoms with van der Waals surface area (Å²) in [5.74, 6) is 1.58. The van der Waals surface area contributed by atoms with Crippen molar-refractivity contribution in [2.24, 2.45) is 7.05 Å². The number of rotatable bonds is 7. The van der Waals surface area contributed by atoms with Crippen molar-refractivity contribution in [2.75, 3.05) is 32.6 Å². The first-order chi connectivity index (χ1) is 18.3. The average Bonchev–Trinajstić information content (AvgIpc) is 2.91. The SMILES string of the molecule is Cc1nc(N[C@H](C)c2cccc(-c3ccccc3CN(C)C)c2)c2cc(C3CCOCC3)c(=O)n(C)c2n1. The van der Waals surface area contributed by atoms with Gasteiger partial charge in [0, 0.05) is 38.4 Å². The van der Waals surface area contributed by atoms with Crippen LogP contribution in [0.15, 0.2) is 59.4 Å². The van der Waals surface area contributed by atoms with Crippen molar-refractivity contribution in [3.8, 4) is 11.1 Å². The number of aryl methyl sites for hydroxylation is 2. The van der Waals surface area contributed by atoms with E-state index in [1.54, 1.807) is 4.57 Å². The van der Waals surface area contributed by atoms with Gasteiger partial charge in [0.25, 0.3) is 5.56 Å². The summed E-state index contributed by atoms with van der Waals surface area (Å²) in [6.45, 7) is 6.28. The number of ether oxygens (including phenoxy) is 1. The summed E-state index contributed by atoms with van der Waals surface area (Å²) in [5, 5.41) is 4.52. The van der Waals surface area contributed by atoms with Crippen LogP contribution in [-0.2, 0) is 18.3 Å². The Bertz CT molecular complexity index is 1500. The second-order valence-corrected chi connectivity index (χ2v) is 10.6. The van der Waals surface area contributed by atoms with Crippen molar-refractivity contribution in [1.82, 2.24) is 19.4 Å². The summed E-state index contributed by atoms with van der Waals surface area (Å²) >= 11 is 0. The van der Waals surface area contributed by atoms with E-state index in [9.17, 15) is 4.79 Å². The molecular weight excluding hydrogens is 474 g/mol. The Balaban J connectivity index is 1.51. The van der Waals surface area contributed by atoms with Gasteiger partial charge < -0.3 is 15.0 Å². The number of pyridine rings is 1. The van der Waals surface area contributed by atoms with Gasteiger partial charge in [-0.3, -0.25) is 9.36 Å². The molecule has 38 heavy (non-hydrogen) atoms. The molecule has 1 aliphatic heterocycles. The van der Waals surface area contributed by atoms with Gasteiger partial charge in [-0.1, -0.05) is 42.5 Å². The van der Waals surface area contributed by atoms with E-state index in [1.165, 1.54) is 22.3 Å². The van der Waals surface area contributed by atoms with Gasteiger partial charge >= 0.3 is 0 Å². The summed E-state index contributed by atoms with van der Waals surface area (Å²) in [5.41, 5.74) is 6.41. The number of hydrogen-bond acceptors (Lipinski definition) is 6. The van der Waals surface area contributed by atoms with Crippen molar-refractivity contribution in [3.63, 3.8) is 0 Å². The maximum Gasteiger partial charge on any atom is 0.255 e. The van der Waals surface area contributed by atoms with Crippen LogP contribution in [0, 0.1) is 6.92 Å². The molecule has 0 saturated carbocycles. The van der Waals surface area contributed by atoms with Gasteiger partial charge in [0.2, 0.25) is 0 Å². The Morgan fingerprint density at radius 1 is 1.08 bits per heavy atom. The number of nitrogens with zero attached hydrogens (tertiary/aromatic N) is 4. The third kappa shape index (κ3) is 5.35. The fraction of sp³-hybridized carbons (Fsp3) is 0.387. The van der Waals surface area contributed by atoms with Gasteiger partial charge in [0.1, 0.15) is 17.3 Å². The van der Waals surface area contributed by atoms with Crippen molar-refractivity contribution < 1.29 is 4.74 Å². The number of nitrogens with one attached hydrogen (secondary N) is 1. The highest BCUT2D eigenvalue weighted by atomic mass is 16.5. The molecule has 0 amide bonds. The molecule has 7 nitrogen and oxygen atoms in total. The third-order valence-corrected chi connectivity index (χ3v) is 7.42. The van der Waals surface area contributed by atoms with Gasteiger partial charge in [-0.2, -0.15) is 0 Å². The van der Waals surface area contributed by atoms with Crippen molar-refractivity contribution in [2.45, 2.75) is 45.2 Å². The molecule has 7 heteroatoms. The van der Waals surface area contributed by atoms with Crippen LogP contribution in [-0.4, -0.2) is 46.7 Å². The van der Waals surface area contributed by atoms with E-state index >= 15 is 0 Å². The Morgan fingerprint density at radius 3 is 2.61 bits per heavy atom. The van der Waals surface area contributed by atoms with Gasteiger partial charge in [-0.05, 0) is 81.1 Å². The Labute approximate surface area is 224 Å². The van der Waals surface area contributed by atoms with Gasteiger partial charge in [0.05, 0.1) is 5.39 Å². The van der Waals surface area contributed by atoms with Crippen LogP contribution in [0.1, 0.15) is 54.2 Å². The molecule has 198 valence electrons. The maximum atomic E-state index is 13.3. The van der Waals surface area contributed by atoms with Crippen LogP contribution in [0.3, 0.4) is 0 Å². The molecule has 0 unspecified atom stereocenters. The highest BCUT2D eigenvalue weighted by Gasteiger charge is 2.23. The lowest BCUT2D eigenvalue weighted by Crippen LogP contribution is -2.27. The minimum atomic E-state index is -0.00257. The van der Waals surface area contributed by atoms with Gasteiger partial charge in [0.15, 0.2) is 0 Å². The molecule has 1 aliphatic rings. The van der Waals surface area contributed by atoms with Crippen LogP contribution in [0.4, 0.5) is 5.82 Å². The number of anilines is 1. The molecule has 0 bridgehead atoms. The number of hydrogen-bond donors (Lipinski definition) is 1. The van der Waals surface area contributed by atoms with Crippen molar-refractivity contribution in [1.29, 1.82) is 0 Å². The molecule has 4 aromatic rings. The van der Waals surface area contributed by atoms with Gasteiger partial charge in [-0.15, -0.1) is 0 Å². The second-order valence-electron chi connectivity index (χ2n) is 10.6. The predicted octanol–water partition coefficient (Wildman–Crippen LogP) is 5.43. The quantitative estimate of drug-likeness (QED) is 0.357. The van der Waals surface area contributed by atoms with Crippen LogP contribution in [0.25, 0.3) is 22.2 Å².